The van der Waals surface area contributed by atoms with Gasteiger partial charge >= 0.3 is 0 Å². The molecule has 0 aliphatic rings. The molecule has 2 aromatic carbocycles. The molecule has 5 heteroatoms. The first kappa shape index (κ1) is 24.2. The first-order valence-corrected chi connectivity index (χ1v) is 11.2. The van der Waals surface area contributed by atoms with Gasteiger partial charge in [-0.05, 0) is 57.6 Å². The minimum absolute atomic E-state index is 0.0954. The second kappa shape index (κ2) is 9.99. The highest BCUT2D eigenvalue weighted by Crippen LogP contribution is 2.44. The van der Waals surface area contributed by atoms with Gasteiger partial charge in [0.05, 0.1) is 5.39 Å². The summed E-state index contributed by atoms with van der Waals surface area (Å²) in [6, 6.07) is 5.29. The number of phenols is 3. The van der Waals surface area contributed by atoms with Gasteiger partial charge in [-0.1, -0.05) is 61.4 Å². The van der Waals surface area contributed by atoms with Crippen molar-refractivity contribution in [2.45, 2.75) is 53.9 Å². The summed E-state index contributed by atoms with van der Waals surface area (Å²) in [4.78, 5) is 13.5. The van der Waals surface area contributed by atoms with Crippen LogP contribution in [0.3, 0.4) is 0 Å². The van der Waals surface area contributed by atoms with Gasteiger partial charge in [-0.3, -0.25) is 4.79 Å². The predicted molar refractivity (Wildman–Crippen MR) is 134 cm³/mol. The average Bonchev–Trinajstić information content (AvgIpc) is 2.75. The van der Waals surface area contributed by atoms with Gasteiger partial charge in [-0.2, -0.15) is 0 Å². The second-order valence-corrected chi connectivity index (χ2v) is 9.07. The summed E-state index contributed by atoms with van der Waals surface area (Å²) < 4.78 is 5.82. The van der Waals surface area contributed by atoms with Crippen molar-refractivity contribution in [3.05, 3.63) is 75.0 Å². The predicted octanol–water partition coefficient (Wildman–Crippen LogP) is 6.66. The van der Waals surface area contributed by atoms with Crippen LogP contribution in [0.5, 0.6) is 17.2 Å². The maximum absolute atomic E-state index is 13.5. The number of hydrogen-bond acceptors (Lipinski definition) is 5. The number of rotatable bonds is 7. The topological polar surface area (TPSA) is 90.9 Å². The van der Waals surface area contributed by atoms with E-state index in [2.05, 4.69) is 39.0 Å². The summed E-state index contributed by atoms with van der Waals surface area (Å²) in [6.07, 6.45) is 9.73. The number of benzene rings is 2. The van der Waals surface area contributed by atoms with Crippen LogP contribution in [-0.4, -0.2) is 15.3 Å². The molecule has 0 spiro atoms. The molecule has 0 aliphatic carbocycles. The molecular weight excluding hydrogens is 416 g/mol. The van der Waals surface area contributed by atoms with Crippen molar-refractivity contribution in [1.29, 1.82) is 0 Å². The second-order valence-electron chi connectivity index (χ2n) is 9.07. The van der Waals surface area contributed by atoms with Crippen LogP contribution < -0.4 is 5.43 Å². The fraction of sp³-hybridized carbons (Fsp3) is 0.321. The van der Waals surface area contributed by atoms with E-state index in [-0.39, 0.29) is 28.7 Å². The standard InChI is InChI=1S/C28H32O5/c1-16(2)8-6-9-18(5)13-14-19-10-7-11-21-22(19)26(31)23-24(29)20(15-12-17(3)4)25(30)27(32)28(23)33-21/h6-8,10-13,16,29-30,32H,9,14-15H2,1-5H3. The maximum Gasteiger partial charge on any atom is 0.204 e. The van der Waals surface area contributed by atoms with Crippen LogP contribution in [0.25, 0.3) is 21.9 Å². The summed E-state index contributed by atoms with van der Waals surface area (Å²) in [5, 5.41) is 32.1. The molecule has 0 unspecified atom stereocenters. The van der Waals surface area contributed by atoms with E-state index < -0.39 is 16.9 Å². The molecule has 1 aromatic heterocycles. The van der Waals surface area contributed by atoms with E-state index in [9.17, 15) is 20.1 Å². The molecule has 5 nitrogen and oxygen atoms in total. The molecule has 0 saturated heterocycles. The molecule has 3 aromatic rings. The summed E-state index contributed by atoms with van der Waals surface area (Å²) in [6.45, 7) is 10.1. The first-order chi connectivity index (χ1) is 15.6. The quantitative estimate of drug-likeness (QED) is 0.163. The van der Waals surface area contributed by atoms with Crippen molar-refractivity contribution in [3.8, 4) is 17.2 Å². The van der Waals surface area contributed by atoms with E-state index in [1.54, 1.807) is 18.2 Å². The molecule has 0 fully saturated rings. The molecule has 3 rings (SSSR count). The van der Waals surface area contributed by atoms with Crippen molar-refractivity contribution in [1.82, 2.24) is 0 Å². The lowest BCUT2D eigenvalue weighted by molar-refractivity contribution is 0.390. The Balaban J connectivity index is 2.17. The Morgan fingerprint density at radius 2 is 1.70 bits per heavy atom. The third-order valence-corrected chi connectivity index (χ3v) is 5.60. The summed E-state index contributed by atoms with van der Waals surface area (Å²) in [5.41, 5.74) is 2.67. The van der Waals surface area contributed by atoms with E-state index in [0.717, 1.165) is 17.6 Å². The average molecular weight is 449 g/mol. The molecule has 3 N–H and O–H groups in total. The van der Waals surface area contributed by atoms with Gasteiger partial charge in [-0.25, -0.2) is 0 Å². The van der Waals surface area contributed by atoms with Crippen LogP contribution in [0, 0.1) is 5.92 Å². The maximum atomic E-state index is 13.5. The lowest BCUT2D eigenvalue weighted by Gasteiger charge is -2.13. The lowest BCUT2D eigenvalue weighted by Crippen LogP contribution is -2.07. The van der Waals surface area contributed by atoms with Crippen LogP contribution in [0.1, 0.15) is 52.2 Å². The molecule has 0 atom stereocenters. The summed E-state index contributed by atoms with van der Waals surface area (Å²) in [5.74, 6) is -0.895. The third kappa shape index (κ3) is 5.14. The van der Waals surface area contributed by atoms with Gasteiger partial charge in [0.1, 0.15) is 16.7 Å². The van der Waals surface area contributed by atoms with Gasteiger partial charge in [0, 0.05) is 5.56 Å². The SMILES string of the molecule is CC(C)=CCc1c(O)c(O)c2oc3cccc(CC=C(C)CC=CC(C)C)c3c(=O)c2c1O. The zero-order valence-electron chi connectivity index (χ0n) is 19.9. The summed E-state index contributed by atoms with van der Waals surface area (Å²) in [7, 11) is 0. The Hall–Kier alpha value is -3.47. The van der Waals surface area contributed by atoms with E-state index in [0.29, 0.717) is 23.3 Å². The number of aromatic hydroxyl groups is 3. The third-order valence-electron chi connectivity index (χ3n) is 5.60. The molecule has 33 heavy (non-hydrogen) atoms. The van der Waals surface area contributed by atoms with Crippen molar-refractivity contribution in [3.63, 3.8) is 0 Å². The zero-order valence-corrected chi connectivity index (χ0v) is 19.9. The Labute approximate surface area is 194 Å². The number of phenolic OH excluding ortho intramolecular Hbond substituents is 3. The Morgan fingerprint density at radius 1 is 0.970 bits per heavy atom. The molecule has 1 heterocycles. The fourth-order valence-corrected chi connectivity index (χ4v) is 3.77. The Kier molecular flexibility index (Phi) is 7.32. The van der Waals surface area contributed by atoms with Gasteiger partial charge in [0.25, 0.3) is 0 Å². The Morgan fingerprint density at radius 3 is 2.36 bits per heavy atom. The summed E-state index contributed by atoms with van der Waals surface area (Å²) >= 11 is 0. The molecule has 0 bridgehead atoms. The van der Waals surface area contributed by atoms with Crippen LogP contribution >= 0.6 is 0 Å². The van der Waals surface area contributed by atoms with Crippen molar-refractivity contribution < 1.29 is 19.7 Å². The van der Waals surface area contributed by atoms with Crippen LogP contribution in [-0.2, 0) is 12.8 Å². The largest absolute Gasteiger partial charge is 0.507 e. The monoisotopic (exact) mass is 448 g/mol. The Bertz CT molecular complexity index is 1330. The van der Waals surface area contributed by atoms with Gasteiger partial charge in [0.2, 0.25) is 11.2 Å². The highest BCUT2D eigenvalue weighted by Gasteiger charge is 2.24. The van der Waals surface area contributed by atoms with Gasteiger partial charge < -0.3 is 19.7 Å². The number of hydrogen-bond donors (Lipinski definition) is 3. The smallest absolute Gasteiger partial charge is 0.204 e. The van der Waals surface area contributed by atoms with Gasteiger partial charge in [-0.15, -0.1) is 0 Å². The van der Waals surface area contributed by atoms with Gasteiger partial charge in [0.15, 0.2) is 11.3 Å². The van der Waals surface area contributed by atoms with Crippen molar-refractivity contribution in [2.75, 3.05) is 0 Å². The normalized spacial score (nSPS) is 12.4. The first-order valence-electron chi connectivity index (χ1n) is 11.2. The molecule has 0 saturated carbocycles. The lowest BCUT2D eigenvalue weighted by atomic mass is 9.99. The highest BCUT2D eigenvalue weighted by atomic mass is 16.4. The van der Waals surface area contributed by atoms with Crippen LogP contribution in [0.4, 0.5) is 0 Å². The van der Waals surface area contributed by atoms with Crippen molar-refractivity contribution in [2.24, 2.45) is 5.92 Å². The fourth-order valence-electron chi connectivity index (χ4n) is 3.77. The molecule has 0 radical (unpaired) electrons. The molecule has 174 valence electrons. The van der Waals surface area contributed by atoms with E-state index in [1.807, 2.05) is 19.9 Å². The number of allylic oxidation sites excluding steroid dienone is 6. The molecule has 0 amide bonds. The highest BCUT2D eigenvalue weighted by molar-refractivity contribution is 5.99. The van der Waals surface area contributed by atoms with E-state index in [1.165, 1.54) is 5.57 Å². The minimum atomic E-state index is -0.544. The molecule has 0 aliphatic heterocycles. The zero-order chi connectivity index (χ0) is 24.3. The van der Waals surface area contributed by atoms with Crippen LogP contribution in [0.2, 0.25) is 0 Å². The van der Waals surface area contributed by atoms with Crippen LogP contribution in [0.15, 0.2) is 62.9 Å². The van der Waals surface area contributed by atoms with E-state index in [4.69, 9.17) is 4.42 Å². The number of fused-ring (bicyclic) bond motifs is 2. The van der Waals surface area contributed by atoms with Crippen molar-refractivity contribution >= 4 is 21.9 Å². The van der Waals surface area contributed by atoms with E-state index >= 15 is 0 Å². The molecular formula is C28H32O5. The minimum Gasteiger partial charge on any atom is -0.507 e.